The summed E-state index contributed by atoms with van der Waals surface area (Å²) in [5, 5.41) is 4.61. The Bertz CT molecular complexity index is 578. The van der Waals surface area contributed by atoms with Gasteiger partial charge in [0.2, 0.25) is 0 Å². The molecular formula is C15H20N2OS. The molecule has 1 N–H and O–H groups in total. The van der Waals surface area contributed by atoms with Crippen LogP contribution in [0.15, 0.2) is 18.2 Å². The van der Waals surface area contributed by atoms with Crippen molar-refractivity contribution in [3.63, 3.8) is 0 Å². The second-order valence-electron chi connectivity index (χ2n) is 4.72. The molecule has 2 rings (SSSR count). The van der Waals surface area contributed by atoms with Crippen molar-refractivity contribution in [2.24, 2.45) is 0 Å². The quantitative estimate of drug-likeness (QED) is 0.906. The molecule has 0 saturated heterocycles. The molecule has 0 aliphatic carbocycles. The standard InChI is InChI=1S/C15H20N2OS/c1-9-8-13(6-7-14(9)18-5)16-10(2)15-11(3)19-12(4)17-15/h6-8,10,16H,1-5H3. The van der Waals surface area contributed by atoms with Crippen molar-refractivity contribution in [3.05, 3.63) is 39.3 Å². The number of rotatable bonds is 4. The van der Waals surface area contributed by atoms with E-state index >= 15 is 0 Å². The highest BCUT2D eigenvalue weighted by Crippen LogP contribution is 2.27. The normalized spacial score (nSPS) is 12.3. The Labute approximate surface area is 118 Å². The Kier molecular flexibility index (Phi) is 4.10. The van der Waals surface area contributed by atoms with Gasteiger partial charge in [-0.3, -0.25) is 0 Å². The van der Waals surface area contributed by atoms with Crippen molar-refractivity contribution in [1.82, 2.24) is 4.98 Å². The number of thiazole rings is 1. The van der Waals surface area contributed by atoms with Crippen molar-refractivity contribution in [1.29, 1.82) is 0 Å². The molecular weight excluding hydrogens is 256 g/mol. The minimum absolute atomic E-state index is 0.206. The van der Waals surface area contributed by atoms with Crippen LogP contribution in [0.5, 0.6) is 5.75 Å². The van der Waals surface area contributed by atoms with Crippen LogP contribution in [-0.4, -0.2) is 12.1 Å². The molecule has 0 radical (unpaired) electrons. The van der Waals surface area contributed by atoms with Gasteiger partial charge in [0.25, 0.3) is 0 Å². The molecule has 1 aromatic heterocycles. The molecule has 0 saturated carbocycles. The summed E-state index contributed by atoms with van der Waals surface area (Å²) in [6, 6.07) is 6.34. The van der Waals surface area contributed by atoms with Gasteiger partial charge in [0.1, 0.15) is 5.75 Å². The molecule has 102 valence electrons. The van der Waals surface area contributed by atoms with E-state index in [0.29, 0.717) is 0 Å². The molecule has 4 heteroatoms. The minimum atomic E-state index is 0.206. The Morgan fingerprint density at radius 2 is 2.00 bits per heavy atom. The lowest BCUT2D eigenvalue weighted by atomic mass is 10.1. The number of anilines is 1. The van der Waals surface area contributed by atoms with E-state index < -0.39 is 0 Å². The van der Waals surface area contributed by atoms with Crippen LogP contribution in [0, 0.1) is 20.8 Å². The number of nitrogens with one attached hydrogen (secondary N) is 1. The van der Waals surface area contributed by atoms with Gasteiger partial charge in [-0.2, -0.15) is 0 Å². The fourth-order valence-electron chi connectivity index (χ4n) is 2.23. The van der Waals surface area contributed by atoms with Crippen molar-refractivity contribution >= 4 is 17.0 Å². The summed E-state index contributed by atoms with van der Waals surface area (Å²) in [5.74, 6) is 0.916. The van der Waals surface area contributed by atoms with E-state index in [-0.39, 0.29) is 6.04 Å². The molecule has 1 aromatic carbocycles. The third-order valence-electron chi connectivity index (χ3n) is 3.13. The topological polar surface area (TPSA) is 34.1 Å². The average molecular weight is 276 g/mol. The first-order valence-corrected chi connectivity index (χ1v) is 7.18. The van der Waals surface area contributed by atoms with Crippen LogP contribution in [0.3, 0.4) is 0 Å². The number of hydrogen-bond donors (Lipinski definition) is 1. The van der Waals surface area contributed by atoms with E-state index in [0.717, 1.165) is 27.7 Å². The zero-order chi connectivity index (χ0) is 14.0. The first-order chi connectivity index (χ1) is 9.01. The molecule has 1 heterocycles. The van der Waals surface area contributed by atoms with E-state index in [9.17, 15) is 0 Å². The van der Waals surface area contributed by atoms with Crippen LogP contribution in [-0.2, 0) is 0 Å². The smallest absolute Gasteiger partial charge is 0.121 e. The lowest BCUT2D eigenvalue weighted by molar-refractivity contribution is 0.412. The summed E-state index contributed by atoms with van der Waals surface area (Å²) in [7, 11) is 1.69. The van der Waals surface area contributed by atoms with Gasteiger partial charge < -0.3 is 10.1 Å². The number of aromatic nitrogens is 1. The van der Waals surface area contributed by atoms with E-state index in [4.69, 9.17) is 4.74 Å². The largest absolute Gasteiger partial charge is 0.496 e. The third kappa shape index (κ3) is 3.07. The van der Waals surface area contributed by atoms with Crippen LogP contribution in [0.1, 0.15) is 34.1 Å². The van der Waals surface area contributed by atoms with E-state index in [1.165, 1.54) is 4.88 Å². The predicted octanol–water partition coefficient (Wildman–Crippen LogP) is 4.25. The molecule has 0 fully saturated rings. The number of nitrogens with zero attached hydrogens (tertiary/aromatic N) is 1. The molecule has 2 aromatic rings. The van der Waals surface area contributed by atoms with Gasteiger partial charge in [0.15, 0.2) is 0 Å². The second-order valence-corrected chi connectivity index (χ2v) is 6.13. The van der Waals surface area contributed by atoms with Crippen LogP contribution in [0.25, 0.3) is 0 Å². The number of aryl methyl sites for hydroxylation is 3. The molecule has 0 amide bonds. The van der Waals surface area contributed by atoms with E-state index in [1.807, 2.05) is 26.0 Å². The maximum atomic E-state index is 5.27. The van der Waals surface area contributed by atoms with Crippen molar-refractivity contribution < 1.29 is 4.74 Å². The SMILES string of the molecule is COc1ccc(NC(C)c2nc(C)sc2C)cc1C. The van der Waals surface area contributed by atoms with Crippen LogP contribution in [0.2, 0.25) is 0 Å². The summed E-state index contributed by atoms with van der Waals surface area (Å²) in [6.07, 6.45) is 0. The van der Waals surface area contributed by atoms with Gasteiger partial charge >= 0.3 is 0 Å². The molecule has 0 aliphatic heterocycles. The summed E-state index contributed by atoms with van der Waals surface area (Å²) in [5.41, 5.74) is 3.36. The zero-order valence-electron chi connectivity index (χ0n) is 12.1. The van der Waals surface area contributed by atoms with Crippen LogP contribution < -0.4 is 10.1 Å². The minimum Gasteiger partial charge on any atom is -0.496 e. The lowest BCUT2D eigenvalue weighted by Gasteiger charge is -2.15. The van der Waals surface area contributed by atoms with Gasteiger partial charge in [-0.1, -0.05) is 0 Å². The summed E-state index contributed by atoms with van der Waals surface area (Å²) < 4.78 is 5.27. The first kappa shape index (κ1) is 13.9. The molecule has 1 unspecified atom stereocenters. The highest BCUT2D eigenvalue weighted by molar-refractivity contribution is 7.11. The maximum Gasteiger partial charge on any atom is 0.121 e. The van der Waals surface area contributed by atoms with E-state index in [2.05, 4.69) is 30.2 Å². The third-order valence-corrected chi connectivity index (χ3v) is 4.03. The number of hydrogen-bond acceptors (Lipinski definition) is 4. The van der Waals surface area contributed by atoms with Gasteiger partial charge in [0, 0.05) is 10.6 Å². The van der Waals surface area contributed by atoms with Crippen LogP contribution >= 0.6 is 11.3 Å². The molecule has 19 heavy (non-hydrogen) atoms. The summed E-state index contributed by atoms with van der Waals surface area (Å²) >= 11 is 1.75. The van der Waals surface area contributed by atoms with Crippen molar-refractivity contribution in [2.45, 2.75) is 33.7 Å². The Morgan fingerprint density at radius 3 is 2.53 bits per heavy atom. The molecule has 0 bridgehead atoms. The Hall–Kier alpha value is -1.55. The fraction of sp³-hybridized carbons (Fsp3) is 0.400. The highest BCUT2D eigenvalue weighted by atomic mass is 32.1. The van der Waals surface area contributed by atoms with Gasteiger partial charge in [-0.25, -0.2) is 4.98 Å². The Balaban J connectivity index is 2.17. The number of benzene rings is 1. The number of methoxy groups -OCH3 is 1. The van der Waals surface area contributed by atoms with E-state index in [1.54, 1.807) is 18.4 Å². The summed E-state index contributed by atoms with van der Waals surface area (Å²) in [4.78, 5) is 5.87. The van der Waals surface area contributed by atoms with Gasteiger partial charge in [-0.15, -0.1) is 11.3 Å². The molecule has 0 aliphatic rings. The Morgan fingerprint density at radius 1 is 1.26 bits per heavy atom. The second kappa shape index (κ2) is 5.61. The van der Waals surface area contributed by atoms with Crippen molar-refractivity contribution in [2.75, 3.05) is 12.4 Å². The maximum absolute atomic E-state index is 5.27. The van der Waals surface area contributed by atoms with Crippen LogP contribution in [0.4, 0.5) is 5.69 Å². The highest BCUT2D eigenvalue weighted by Gasteiger charge is 2.13. The predicted molar refractivity (Wildman–Crippen MR) is 81.4 cm³/mol. The molecule has 1 atom stereocenters. The fourth-order valence-corrected chi connectivity index (χ4v) is 3.15. The molecule has 0 spiro atoms. The van der Waals surface area contributed by atoms with Crippen molar-refractivity contribution in [3.8, 4) is 5.75 Å². The number of ether oxygens (including phenoxy) is 1. The first-order valence-electron chi connectivity index (χ1n) is 6.36. The van der Waals surface area contributed by atoms with Gasteiger partial charge in [0.05, 0.1) is 23.9 Å². The lowest BCUT2D eigenvalue weighted by Crippen LogP contribution is -2.08. The zero-order valence-corrected chi connectivity index (χ0v) is 12.9. The average Bonchev–Trinajstić information content (AvgIpc) is 2.69. The summed E-state index contributed by atoms with van der Waals surface area (Å²) in [6.45, 7) is 8.36. The monoisotopic (exact) mass is 276 g/mol. The molecule has 3 nitrogen and oxygen atoms in total. The van der Waals surface area contributed by atoms with Gasteiger partial charge in [-0.05, 0) is 51.5 Å².